The lowest BCUT2D eigenvalue weighted by Gasteiger charge is -2.23. The first-order chi connectivity index (χ1) is 10.3. The molecule has 0 radical (unpaired) electrons. The highest BCUT2D eigenvalue weighted by atomic mass is 35.5. The predicted octanol–water partition coefficient (Wildman–Crippen LogP) is 2.96. The molecule has 6 heteroatoms. The van der Waals surface area contributed by atoms with Crippen molar-refractivity contribution in [1.29, 1.82) is 0 Å². The number of nitrogens with one attached hydrogen (secondary N) is 1. The molecule has 3 rings (SSSR count). The summed E-state index contributed by atoms with van der Waals surface area (Å²) >= 11 is 8.00. The number of benzene rings is 1. The SMILES string of the molecule is NCC(NCc1cccs1)c1cc(Cl)c2c(c1)OCCO2. The zero-order chi connectivity index (χ0) is 14.7. The van der Waals surface area contributed by atoms with Crippen LogP contribution in [0, 0.1) is 0 Å². The molecule has 0 saturated carbocycles. The summed E-state index contributed by atoms with van der Waals surface area (Å²) in [6, 6.07) is 8.02. The van der Waals surface area contributed by atoms with Gasteiger partial charge in [-0.3, -0.25) is 0 Å². The van der Waals surface area contributed by atoms with Crippen molar-refractivity contribution < 1.29 is 9.47 Å². The van der Waals surface area contributed by atoms with Crippen molar-refractivity contribution in [2.24, 2.45) is 5.73 Å². The van der Waals surface area contributed by atoms with Crippen molar-refractivity contribution in [2.75, 3.05) is 19.8 Å². The fraction of sp³-hybridized carbons (Fsp3) is 0.333. The summed E-state index contributed by atoms with van der Waals surface area (Å²) in [6.07, 6.45) is 0. The van der Waals surface area contributed by atoms with E-state index in [1.807, 2.05) is 18.2 Å². The second kappa shape index (κ2) is 6.66. The van der Waals surface area contributed by atoms with Gasteiger partial charge in [0.15, 0.2) is 11.5 Å². The number of rotatable bonds is 5. The minimum Gasteiger partial charge on any atom is -0.486 e. The van der Waals surface area contributed by atoms with E-state index in [1.165, 1.54) is 4.88 Å². The van der Waals surface area contributed by atoms with E-state index in [9.17, 15) is 0 Å². The molecule has 1 aliphatic heterocycles. The fourth-order valence-electron chi connectivity index (χ4n) is 2.31. The molecule has 0 spiro atoms. The van der Waals surface area contributed by atoms with Crippen LogP contribution in [0.15, 0.2) is 29.6 Å². The Morgan fingerprint density at radius 2 is 2.19 bits per heavy atom. The lowest BCUT2D eigenvalue weighted by molar-refractivity contribution is 0.171. The average Bonchev–Trinajstić information content (AvgIpc) is 3.01. The molecule has 0 aliphatic carbocycles. The second-order valence-electron chi connectivity index (χ2n) is 4.78. The normalized spacial score (nSPS) is 15.0. The van der Waals surface area contributed by atoms with Crippen LogP contribution >= 0.6 is 22.9 Å². The van der Waals surface area contributed by atoms with Crippen molar-refractivity contribution in [3.05, 3.63) is 45.1 Å². The fourth-order valence-corrected chi connectivity index (χ4v) is 3.24. The van der Waals surface area contributed by atoms with Gasteiger partial charge in [-0.25, -0.2) is 0 Å². The molecular formula is C15H17ClN2O2S. The number of thiophene rings is 1. The molecule has 3 N–H and O–H groups in total. The van der Waals surface area contributed by atoms with Gasteiger partial charge in [0.2, 0.25) is 0 Å². The summed E-state index contributed by atoms with van der Waals surface area (Å²) in [5, 5.41) is 6.09. The zero-order valence-corrected chi connectivity index (χ0v) is 13.0. The summed E-state index contributed by atoms with van der Waals surface area (Å²) in [7, 11) is 0. The van der Waals surface area contributed by atoms with Gasteiger partial charge >= 0.3 is 0 Å². The van der Waals surface area contributed by atoms with E-state index in [1.54, 1.807) is 11.3 Å². The Kier molecular flexibility index (Phi) is 4.65. The Balaban J connectivity index is 1.78. The highest BCUT2D eigenvalue weighted by molar-refractivity contribution is 7.09. The van der Waals surface area contributed by atoms with Gasteiger partial charge in [0, 0.05) is 24.0 Å². The molecule has 2 heterocycles. The Morgan fingerprint density at radius 3 is 2.95 bits per heavy atom. The zero-order valence-electron chi connectivity index (χ0n) is 11.5. The molecule has 2 aromatic rings. The topological polar surface area (TPSA) is 56.5 Å². The van der Waals surface area contributed by atoms with Crippen LogP contribution < -0.4 is 20.5 Å². The minimum atomic E-state index is 0.0282. The first kappa shape index (κ1) is 14.7. The van der Waals surface area contributed by atoms with Crippen molar-refractivity contribution in [2.45, 2.75) is 12.6 Å². The van der Waals surface area contributed by atoms with Crippen LogP contribution in [0.2, 0.25) is 5.02 Å². The van der Waals surface area contributed by atoms with Gasteiger partial charge in [-0.15, -0.1) is 11.3 Å². The molecule has 1 aromatic carbocycles. The molecule has 0 bridgehead atoms. The molecule has 112 valence electrons. The third kappa shape index (κ3) is 3.32. The maximum atomic E-state index is 6.28. The number of fused-ring (bicyclic) bond motifs is 1. The van der Waals surface area contributed by atoms with Crippen LogP contribution in [0.4, 0.5) is 0 Å². The molecule has 0 amide bonds. The van der Waals surface area contributed by atoms with Crippen LogP contribution in [0.25, 0.3) is 0 Å². The summed E-state index contributed by atoms with van der Waals surface area (Å²) in [6.45, 7) is 2.35. The lowest BCUT2D eigenvalue weighted by Crippen LogP contribution is -2.28. The van der Waals surface area contributed by atoms with E-state index < -0.39 is 0 Å². The summed E-state index contributed by atoms with van der Waals surface area (Å²) < 4.78 is 11.1. The van der Waals surface area contributed by atoms with Crippen molar-refractivity contribution in [1.82, 2.24) is 5.32 Å². The third-order valence-electron chi connectivity index (χ3n) is 3.36. The smallest absolute Gasteiger partial charge is 0.179 e. The lowest BCUT2D eigenvalue weighted by atomic mass is 10.1. The largest absolute Gasteiger partial charge is 0.486 e. The van der Waals surface area contributed by atoms with Crippen LogP contribution in [-0.2, 0) is 6.54 Å². The highest BCUT2D eigenvalue weighted by Crippen LogP contribution is 2.39. The van der Waals surface area contributed by atoms with Crippen LogP contribution in [0.1, 0.15) is 16.5 Å². The Hall–Kier alpha value is -1.27. The molecule has 1 aromatic heterocycles. The first-order valence-corrected chi connectivity index (χ1v) is 8.08. The Labute approximate surface area is 132 Å². The van der Waals surface area contributed by atoms with E-state index in [0.717, 1.165) is 12.1 Å². The molecular weight excluding hydrogens is 308 g/mol. The maximum absolute atomic E-state index is 6.28. The summed E-state index contributed by atoms with van der Waals surface area (Å²) in [5.41, 5.74) is 6.91. The van der Waals surface area contributed by atoms with Crippen LogP contribution in [0.5, 0.6) is 11.5 Å². The van der Waals surface area contributed by atoms with Gasteiger partial charge in [-0.2, -0.15) is 0 Å². The molecule has 4 nitrogen and oxygen atoms in total. The van der Waals surface area contributed by atoms with E-state index in [2.05, 4.69) is 16.8 Å². The maximum Gasteiger partial charge on any atom is 0.179 e. The van der Waals surface area contributed by atoms with Gasteiger partial charge in [0.1, 0.15) is 13.2 Å². The number of nitrogens with two attached hydrogens (primary N) is 1. The van der Waals surface area contributed by atoms with E-state index in [-0.39, 0.29) is 6.04 Å². The highest BCUT2D eigenvalue weighted by Gasteiger charge is 2.19. The standard InChI is InChI=1S/C15H17ClN2O2S/c16-12-6-10(7-14-15(12)20-4-3-19-14)13(8-17)18-9-11-2-1-5-21-11/h1-2,5-7,13,18H,3-4,8-9,17H2. The summed E-state index contributed by atoms with van der Waals surface area (Å²) in [5.74, 6) is 1.32. The van der Waals surface area contributed by atoms with E-state index >= 15 is 0 Å². The molecule has 0 fully saturated rings. The molecule has 1 aliphatic rings. The number of hydrogen-bond donors (Lipinski definition) is 2. The monoisotopic (exact) mass is 324 g/mol. The Morgan fingerprint density at radius 1 is 1.33 bits per heavy atom. The van der Waals surface area contributed by atoms with Gasteiger partial charge in [0.25, 0.3) is 0 Å². The van der Waals surface area contributed by atoms with Crippen LogP contribution in [0.3, 0.4) is 0 Å². The van der Waals surface area contributed by atoms with Crippen LogP contribution in [-0.4, -0.2) is 19.8 Å². The number of halogens is 1. The van der Waals surface area contributed by atoms with Gasteiger partial charge < -0.3 is 20.5 Å². The molecule has 0 saturated heterocycles. The summed E-state index contributed by atoms with van der Waals surface area (Å²) in [4.78, 5) is 1.28. The first-order valence-electron chi connectivity index (χ1n) is 6.83. The number of ether oxygens (including phenoxy) is 2. The van der Waals surface area contributed by atoms with E-state index in [4.69, 9.17) is 26.8 Å². The second-order valence-corrected chi connectivity index (χ2v) is 6.21. The van der Waals surface area contributed by atoms with Crippen molar-refractivity contribution in [3.8, 4) is 11.5 Å². The quantitative estimate of drug-likeness (QED) is 0.888. The van der Waals surface area contributed by atoms with E-state index in [0.29, 0.717) is 36.3 Å². The average molecular weight is 325 g/mol. The number of hydrogen-bond acceptors (Lipinski definition) is 5. The minimum absolute atomic E-state index is 0.0282. The molecule has 21 heavy (non-hydrogen) atoms. The third-order valence-corrected chi connectivity index (χ3v) is 4.52. The van der Waals surface area contributed by atoms with Gasteiger partial charge in [-0.1, -0.05) is 17.7 Å². The van der Waals surface area contributed by atoms with Gasteiger partial charge in [0.05, 0.1) is 5.02 Å². The van der Waals surface area contributed by atoms with Crippen molar-refractivity contribution in [3.63, 3.8) is 0 Å². The van der Waals surface area contributed by atoms with Crippen molar-refractivity contribution >= 4 is 22.9 Å². The predicted molar refractivity (Wildman–Crippen MR) is 85.4 cm³/mol. The molecule has 1 atom stereocenters. The van der Waals surface area contributed by atoms with Gasteiger partial charge in [-0.05, 0) is 29.1 Å². The Bertz CT molecular complexity index is 604. The molecule has 1 unspecified atom stereocenters.